The second kappa shape index (κ2) is 14.4. The van der Waals surface area contributed by atoms with E-state index < -0.39 is 11.7 Å². The van der Waals surface area contributed by atoms with Crippen molar-refractivity contribution in [1.29, 1.82) is 0 Å². The molecule has 0 aromatic heterocycles. The molecule has 39 heavy (non-hydrogen) atoms. The van der Waals surface area contributed by atoms with Crippen LogP contribution in [0.1, 0.15) is 127 Å². The normalized spacial score (nSPS) is 26.1. The van der Waals surface area contributed by atoms with Gasteiger partial charge in [0.2, 0.25) is 0 Å². The van der Waals surface area contributed by atoms with Crippen molar-refractivity contribution in [2.45, 2.75) is 134 Å². The number of ether oxygens (including phenoxy) is 1. The Morgan fingerprint density at radius 1 is 0.821 bits per heavy atom. The predicted octanol–water partition coefficient (Wildman–Crippen LogP) is 9.15. The van der Waals surface area contributed by atoms with Crippen molar-refractivity contribution in [2.75, 3.05) is 13.1 Å². The first kappa shape index (κ1) is 30.4. The predicted molar refractivity (Wildman–Crippen MR) is 150 cm³/mol. The molecule has 0 N–H and O–H groups in total. The number of rotatable bonds is 9. The molecular formula is C33H50F3NO2. The lowest BCUT2D eigenvalue weighted by molar-refractivity contribution is -0.149. The van der Waals surface area contributed by atoms with E-state index >= 15 is 0 Å². The Labute approximate surface area is 234 Å². The van der Waals surface area contributed by atoms with Crippen LogP contribution in [0.3, 0.4) is 0 Å². The van der Waals surface area contributed by atoms with Crippen LogP contribution in [0, 0.1) is 17.8 Å². The molecule has 3 saturated carbocycles. The highest BCUT2D eigenvalue weighted by Gasteiger charge is 2.39. The first-order valence-electron chi connectivity index (χ1n) is 15.8. The van der Waals surface area contributed by atoms with Gasteiger partial charge in [0.1, 0.15) is 0 Å². The van der Waals surface area contributed by atoms with Crippen molar-refractivity contribution in [1.82, 2.24) is 4.90 Å². The summed E-state index contributed by atoms with van der Waals surface area (Å²) in [4.78, 5) is 15.7. The van der Waals surface area contributed by atoms with Crippen LogP contribution in [-0.2, 0) is 15.7 Å². The fourth-order valence-corrected chi connectivity index (χ4v) is 7.73. The largest absolute Gasteiger partial charge is 0.463 e. The molecule has 1 aromatic carbocycles. The highest BCUT2D eigenvalue weighted by molar-refractivity contribution is 5.70. The first-order valence-corrected chi connectivity index (χ1v) is 15.8. The smallest absolute Gasteiger partial charge is 0.416 e. The summed E-state index contributed by atoms with van der Waals surface area (Å²) < 4.78 is 45.9. The maximum atomic E-state index is 13.5. The number of nitrogens with zero attached hydrogens (tertiary/aromatic N) is 1. The van der Waals surface area contributed by atoms with Gasteiger partial charge in [-0.3, -0.25) is 9.69 Å². The molecule has 0 amide bonds. The van der Waals surface area contributed by atoms with E-state index in [1.54, 1.807) is 12.1 Å². The van der Waals surface area contributed by atoms with Crippen LogP contribution >= 0.6 is 0 Å². The molecule has 0 bridgehead atoms. The zero-order valence-electron chi connectivity index (χ0n) is 24.2. The molecule has 3 nitrogen and oxygen atoms in total. The van der Waals surface area contributed by atoms with Crippen LogP contribution in [0.25, 0.3) is 0 Å². The van der Waals surface area contributed by atoms with E-state index in [-0.39, 0.29) is 30.0 Å². The van der Waals surface area contributed by atoms with Gasteiger partial charge in [0.25, 0.3) is 0 Å². The minimum Gasteiger partial charge on any atom is -0.463 e. The summed E-state index contributed by atoms with van der Waals surface area (Å²) in [6, 6.07) is 6.13. The lowest BCUT2D eigenvalue weighted by Gasteiger charge is -2.43. The standard InChI is InChI=1S/C33H50F3NO2/c1-24(2)39-31(38)21-28-15-9-10-16-30(32(28)27-17-19-29(20-18-27)33(34,35)36)37(22-25-11-5-3-6-12-25)23-26-13-7-4-8-14-26/h17-20,24-26,28,30,32H,3-16,21-23H2,1-2H3/t28-,30+,32-/m1/s1. The number of carbonyl (C=O) groups is 1. The van der Waals surface area contributed by atoms with Gasteiger partial charge in [0, 0.05) is 31.5 Å². The van der Waals surface area contributed by atoms with Crippen LogP contribution in [0.2, 0.25) is 0 Å². The molecule has 6 heteroatoms. The average Bonchev–Trinajstić information content (AvgIpc) is 3.11. The summed E-state index contributed by atoms with van der Waals surface area (Å²) in [5.74, 6) is 1.31. The first-order chi connectivity index (χ1) is 18.7. The highest BCUT2D eigenvalue weighted by Crippen LogP contribution is 2.43. The SMILES string of the molecule is CC(C)OC(=O)C[C@H]1CCCC[C@H](N(CC2CCCCC2)CC2CCCCC2)[C@@H]1c1ccc(C(F)(F)F)cc1. The maximum absolute atomic E-state index is 13.5. The molecule has 0 aliphatic heterocycles. The number of halogens is 3. The molecule has 0 spiro atoms. The molecule has 4 rings (SSSR count). The van der Waals surface area contributed by atoms with Gasteiger partial charge in [-0.15, -0.1) is 0 Å². The van der Waals surface area contributed by atoms with Crippen molar-refractivity contribution >= 4 is 5.97 Å². The van der Waals surface area contributed by atoms with Crippen LogP contribution in [0.15, 0.2) is 24.3 Å². The molecule has 0 heterocycles. The monoisotopic (exact) mass is 549 g/mol. The molecule has 220 valence electrons. The van der Waals surface area contributed by atoms with E-state index in [0.29, 0.717) is 18.3 Å². The topological polar surface area (TPSA) is 29.5 Å². The van der Waals surface area contributed by atoms with Gasteiger partial charge in [-0.1, -0.05) is 63.5 Å². The molecule has 3 aliphatic rings. The van der Waals surface area contributed by atoms with E-state index in [9.17, 15) is 18.0 Å². The highest BCUT2D eigenvalue weighted by atomic mass is 19.4. The molecule has 3 aliphatic carbocycles. The summed E-state index contributed by atoms with van der Waals surface area (Å²) in [6.45, 7) is 5.91. The van der Waals surface area contributed by atoms with E-state index in [1.165, 1.54) is 76.3 Å². The molecule has 0 saturated heterocycles. The van der Waals surface area contributed by atoms with Crippen molar-refractivity contribution in [3.8, 4) is 0 Å². The van der Waals surface area contributed by atoms with Crippen LogP contribution in [0.5, 0.6) is 0 Å². The Morgan fingerprint density at radius 2 is 1.33 bits per heavy atom. The van der Waals surface area contributed by atoms with Gasteiger partial charge < -0.3 is 4.74 Å². The van der Waals surface area contributed by atoms with Gasteiger partial charge >= 0.3 is 12.1 Å². The number of alkyl halides is 3. The molecule has 0 unspecified atom stereocenters. The van der Waals surface area contributed by atoms with Gasteiger partial charge in [-0.25, -0.2) is 0 Å². The fraction of sp³-hybridized carbons (Fsp3) is 0.788. The summed E-state index contributed by atoms with van der Waals surface area (Å²) in [6.07, 6.45) is 12.9. The van der Waals surface area contributed by atoms with Gasteiger partial charge in [0.05, 0.1) is 11.7 Å². The van der Waals surface area contributed by atoms with Crippen LogP contribution < -0.4 is 0 Å². The van der Waals surface area contributed by atoms with Crippen LogP contribution in [0.4, 0.5) is 13.2 Å². The van der Waals surface area contributed by atoms with Gasteiger partial charge in [-0.2, -0.15) is 13.2 Å². The Balaban J connectivity index is 1.67. The summed E-state index contributed by atoms with van der Waals surface area (Å²) >= 11 is 0. The Morgan fingerprint density at radius 3 is 1.85 bits per heavy atom. The Bertz CT molecular complexity index is 852. The molecule has 3 atom stereocenters. The summed E-state index contributed by atoms with van der Waals surface area (Å²) in [5, 5.41) is 0. The van der Waals surface area contributed by atoms with Crippen LogP contribution in [-0.4, -0.2) is 36.1 Å². The van der Waals surface area contributed by atoms with E-state index in [0.717, 1.165) is 44.3 Å². The van der Waals surface area contributed by atoms with E-state index in [4.69, 9.17) is 4.74 Å². The third-order valence-electron chi connectivity index (χ3n) is 9.57. The molecule has 3 fully saturated rings. The van der Waals surface area contributed by atoms with Crippen molar-refractivity contribution in [3.05, 3.63) is 35.4 Å². The minimum absolute atomic E-state index is 0.0293. The number of hydrogen-bond acceptors (Lipinski definition) is 3. The second-order valence-electron chi connectivity index (χ2n) is 13.0. The van der Waals surface area contributed by atoms with Crippen molar-refractivity contribution < 1.29 is 22.7 Å². The minimum atomic E-state index is -4.35. The molecule has 1 aromatic rings. The summed E-state index contributed by atoms with van der Waals surface area (Å²) in [7, 11) is 0. The zero-order valence-corrected chi connectivity index (χ0v) is 24.2. The Kier molecular flexibility index (Phi) is 11.2. The molecular weight excluding hydrogens is 499 g/mol. The van der Waals surface area contributed by atoms with Gasteiger partial charge in [0.15, 0.2) is 0 Å². The third kappa shape index (κ3) is 8.96. The lowest BCUT2D eigenvalue weighted by Crippen LogP contribution is -2.46. The number of esters is 1. The van der Waals surface area contributed by atoms with E-state index in [2.05, 4.69) is 4.90 Å². The summed E-state index contributed by atoms with van der Waals surface area (Å²) in [5.41, 5.74) is 0.350. The number of hydrogen-bond donors (Lipinski definition) is 0. The van der Waals surface area contributed by atoms with E-state index in [1.807, 2.05) is 13.8 Å². The molecule has 0 radical (unpaired) electrons. The van der Waals surface area contributed by atoms with Gasteiger partial charge in [-0.05, 0) is 87.8 Å². The lowest BCUT2D eigenvalue weighted by atomic mass is 9.76. The number of benzene rings is 1. The quantitative estimate of drug-likeness (QED) is 0.227. The Hall–Kier alpha value is -1.56. The maximum Gasteiger partial charge on any atom is 0.416 e. The number of carbonyl (C=O) groups excluding carboxylic acids is 1. The second-order valence-corrected chi connectivity index (χ2v) is 13.0. The average molecular weight is 550 g/mol. The van der Waals surface area contributed by atoms with Crippen molar-refractivity contribution in [2.24, 2.45) is 17.8 Å². The van der Waals surface area contributed by atoms with Crippen molar-refractivity contribution in [3.63, 3.8) is 0 Å². The third-order valence-corrected chi connectivity index (χ3v) is 9.57. The fourth-order valence-electron chi connectivity index (χ4n) is 7.73. The zero-order chi connectivity index (χ0) is 27.8.